The number of morpholine rings is 1. The molecule has 1 N–H and O–H groups in total. The van der Waals surface area contributed by atoms with Crippen LogP contribution in [0.4, 0.5) is 0 Å². The lowest BCUT2D eigenvalue weighted by Gasteiger charge is -2.32. The highest BCUT2D eigenvalue weighted by Gasteiger charge is 2.31. The number of halogens is 1. The van der Waals surface area contributed by atoms with Gasteiger partial charge in [-0.15, -0.1) is 0 Å². The van der Waals surface area contributed by atoms with Gasteiger partial charge in [-0.2, -0.15) is 0 Å². The highest BCUT2D eigenvalue weighted by atomic mass is 35.5. The highest BCUT2D eigenvalue weighted by Crippen LogP contribution is 2.33. The number of para-hydroxylation sites is 1. The molecular weight excluding hydrogens is 480 g/mol. The minimum Gasteiger partial charge on any atom is -0.378 e. The van der Waals surface area contributed by atoms with Gasteiger partial charge >= 0.3 is 0 Å². The second kappa shape index (κ2) is 9.57. The molecule has 2 aromatic carbocycles. The van der Waals surface area contributed by atoms with Crippen molar-refractivity contribution in [3.8, 4) is 5.69 Å². The van der Waals surface area contributed by atoms with Crippen molar-refractivity contribution in [3.63, 3.8) is 0 Å². The topological polar surface area (TPSA) is 58.9 Å². The SMILES string of the molecule is O=C(Cc1cn(-c2ccccc2)c2ccc(Cl)cc12)NC1=N[C@H]2C=CC(N3CCOCC3)=CC2S1. The van der Waals surface area contributed by atoms with Crippen LogP contribution in [-0.4, -0.2) is 58.1 Å². The number of benzene rings is 2. The second-order valence-electron chi connectivity index (χ2n) is 8.80. The van der Waals surface area contributed by atoms with Crippen molar-refractivity contribution in [1.82, 2.24) is 14.8 Å². The first-order valence-electron chi connectivity index (χ1n) is 11.8. The summed E-state index contributed by atoms with van der Waals surface area (Å²) >= 11 is 7.92. The molecule has 0 spiro atoms. The quantitative estimate of drug-likeness (QED) is 0.565. The minimum atomic E-state index is -0.0802. The molecule has 1 unspecified atom stereocenters. The molecule has 8 heteroatoms. The van der Waals surface area contributed by atoms with Crippen molar-refractivity contribution >= 4 is 45.3 Å². The Morgan fingerprint density at radius 3 is 2.83 bits per heavy atom. The number of thioether (sulfide) groups is 1. The second-order valence-corrected chi connectivity index (χ2v) is 10.4. The lowest BCUT2D eigenvalue weighted by Crippen LogP contribution is -2.36. The molecule has 3 heterocycles. The zero-order chi connectivity index (χ0) is 23.8. The van der Waals surface area contributed by atoms with Gasteiger partial charge in [-0.3, -0.25) is 9.79 Å². The molecule has 6 nitrogen and oxygen atoms in total. The molecular formula is C27H25ClN4O2S. The van der Waals surface area contributed by atoms with Crippen LogP contribution in [0.25, 0.3) is 16.6 Å². The van der Waals surface area contributed by atoms with Crippen LogP contribution in [0, 0.1) is 0 Å². The molecule has 2 aliphatic heterocycles. The number of nitrogens with one attached hydrogen (secondary N) is 1. The van der Waals surface area contributed by atoms with Gasteiger partial charge in [-0.1, -0.05) is 47.6 Å². The zero-order valence-corrected chi connectivity index (χ0v) is 20.6. The Morgan fingerprint density at radius 1 is 1.17 bits per heavy atom. The largest absolute Gasteiger partial charge is 0.378 e. The Labute approximate surface area is 213 Å². The van der Waals surface area contributed by atoms with Gasteiger partial charge in [-0.05, 0) is 48.0 Å². The number of carbonyl (C=O) groups excluding carboxylic acids is 1. The maximum atomic E-state index is 13.1. The van der Waals surface area contributed by atoms with Crippen LogP contribution in [0.15, 0.2) is 83.6 Å². The van der Waals surface area contributed by atoms with Gasteiger partial charge < -0.3 is 19.5 Å². The number of ether oxygens (including phenoxy) is 1. The first kappa shape index (κ1) is 22.5. The number of amidine groups is 1. The normalized spacial score (nSPS) is 21.6. The standard InChI is InChI=1S/C27H25ClN4O2S/c28-19-6-9-24-22(15-19)18(17-32(24)20-4-2-1-3-5-20)14-26(33)30-27-29-23-8-7-21(16-25(23)35-27)31-10-12-34-13-11-31/h1-9,15-17,23,25H,10-14H2,(H,29,30,33)/t23-,25?/m0/s1. The Kier molecular flexibility index (Phi) is 6.14. The number of amides is 1. The van der Waals surface area contributed by atoms with Crippen LogP contribution < -0.4 is 5.32 Å². The Morgan fingerprint density at radius 2 is 2.00 bits per heavy atom. The van der Waals surface area contributed by atoms with Crippen LogP contribution in [-0.2, 0) is 16.0 Å². The molecule has 1 amide bonds. The molecule has 1 aromatic heterocycles. The van der Waals surface area contributed by atoms with E-state index in [2.05, 4.69) is 45.1 Å². The molecule has 0 saturated carbocycles. The van der Waals surface area contributed by atoms with Crippen LogP contribution >= 0.6 is 23.4 Å². The van der Waals surface area contributed by atoms with Crippen molar-refractivity contribution in [2.24, 2.45) is 4.99 Å². The lowest BCUT2D eigenvalue weighted by atomic mass is 10.1. The highest BCUT2D eigenvalue weighted by molar-refractivity contribution is 8.14. The number of hydrogen-bond donors (Lipinski definition) is 1. The predicted molar refractivity (Wildman–Crippen MR) is 142 cm³/mol. The molecule has 1 aliphatic carbocycles. The summed E-state index contributed by atoms with van der Waals surface area (Å²) in [5.74, 6) is -0.0802. The average molecular weight is 505 g/mol. The molecule has 1 fully saturated rings. The molecule has 2 atom stereocenters. The van der Waals surface area contributed by atoms with Gasteiger partial charge in [0, 0.05) is 41.1 Å². The van der Waals surface area contributed by atoms with Crippen molar-refractivity contribution in [2.45, 2.75) is 17.7 Å². The van der Waals surface area contributed by atoms with E-state index in [-0.39, 0.29) is 23.6 Å². The van der Waals surface area contributed by atoms with E-state index < -0.39 is 0 Å². The Bertz CT molecular complexity index is 1360. The molecule has 178 valence electrons. The van der Waals surface area contributed by atoms with Crippen LogP contribution in [0.5, 0.6) is 0 Å². The summed E-state index contributed by atoms with van der Waals surface area (Å²) in [5, 5.41) is 5.55. The van der Waals surface area contributed by atoms with Gasteiger partial charge in [0.25, 0.3) is 0 Å². The van der Waals surface area contributed by atoms with Crippen molar-refractivity contribution in [1.29, 1.82) is 0 Å². The lowest BCUT2D eigenvalue weighted by molar-refractivity contribution is -0.118. The fourth-order valence-corrected chi connectivity index (χ4v) is 6.07. The molecule has 6 rings (SSSR count). The van der Waals surface area contributed by atoms with Crippen molar-refractivity contribution < 1.29 is 9.53 Å². The number of fused-ring (bicyclic) bond motifs is 2. The van der Waals surface area contributed by atoms with Crippen molar-refractivity contribution in [3.05, 3.63) is 89.2 Å². The summed E-state index contributed by atoms with van der Waals surface area (Å²) in [4.78, 5) is 20.2. The molecule has 35 heavy (non-hydrogen) atoms. The minimum absolute atomic E-state index is 0.0545. The molecule has 1 saturated heterocycles. The number of nitrogens with zero attached hydrogens (tertiary/aromatic N) is 3. The molecule has 3 aliphatic rings. The van der Waals surface area contributed by atoms with E-state index in [1.54, 1.807) is 11.8 Å². The van der Waals surface area contributed by atoms with Gasteiger partial charge in [0.05, 0.1) is 36.4 Å². The van der Waals surface area contributed by atoms with E-state index in [1.165, 1.54) is 5.70 Å². The number of allylic oxidation sites excluding steroid dienone is 1. The maximum absolute atomic E-state index is 13.1. The van der Waals surface area contributed by atoms with Gasteiger partial charge in [0.15, 0.2) is 5.17 Å². The first-order valence-corrected chi connectivity index (χ1v) is 13.0. The van der Waals surface area contributed by atoms with E-state index in [9.17, 15) is 4.79 Å². The summed E-state index contributed by atoms with van der Waals surface area (Å²) in [6.45, 7) is 3.33. The molecule has 3 aromatic rings. The summed E-state index contributed by atoms with van der Waals surface area (Å²) in [7, 11) is 0. The van der Waals surface area contributed by atoms with E-state index in [0.29, 0.717) is 10.2 Å². The fourth-order valence-electron chi connectivity index (χ4n) is 4.79. The monoisotopic (exact) mass is 504 g/mol. The summed E-state index contributed by atoms with van der Waals surface area (Å²) in [5.41, 5.74) is 4.21. The molecule has 0 radical (unpaired) electrons. The maximum Gasteiger partial charge on any atom is 0.230 e. The number of carbonyl (C=O) groups is 1. The van der Waals surface area contributed by atoms with E-state index >= 15 is 0 Å². The number of rotatable bonds is 4. The molecule has 0 bridgehead atoms. The predicted octanol–water partition coefficient (Wildman–Crippen LogP) is 4.57. The first-order chi connectivity index (χ1) is 17.1. The number of hydrogen-bond acceptors (Lipinski definition) is 5. The van der Waals surface area contributed by atoms with E-state index in [1.807, 2.05) is 42.6 Å². The number of aliphatic imine (C=N–C) groups is 1. The third kappa shape index (κ3) is 4.63. The van der Waals surface area contributed by atoms with Crippen molar-refractivity contribution in [2.75, 3.05) is 26.3 Å². The van der Waals surface area contributed by atoms with Crippen LogP contribution in [0.2, 0.25) is 5.02 Å². The van der Waals surface area contributed by atoms with E-state index in [4.69, 9.17) is 21.3 Å². The number of aromatic nitrogens is 1. The van der Waals surface area contributed by atoms with Crippen LogP contribution in [0.1, 0.15) is 5.56 Å². The third-order valence-electron chi connectivity index (χ3n) is 6.51. The summed E-state index contributed by atoms with van der Waals surface area (Å²) in [6.07, 6.45) is 8.81. The van der Waals surface area contributed by atoms with Gasteiger partial charge in [0.2, 0.25) is 5.91 Å². The fraction of sp³-hybridized carbons (Fsp3) is 0.259. The Balaban J connectivity index is 1.17. The average Bonchev–Trinajstić information content (AvgIpc) is 3.45. The summed E-state index contributed by atoms with van der Waals surface area (Å²) < 4.78 is 7.57. The third-order valence-corrected chi connectivity index (χ3v) is 7.86. The van der Waals surface area contributed by atoms with E-state index in [0.717, 1.165) is 48.5 Å². The smallest absolute Gasteiger partial charge is 0.230 e. The Hall–Kier alpha value is -3.00. The zero-order valence-electron chi connectivity index (χ0n) is 19.1. The van der Waals surface area contributed by atoms with Gasteiger partial charge in [-0.25, -0.2) is 0 Å². The summed E-state index contributed by atoms with van der Waals surface area (Å²) in [6, 6.07) is 16.0. The van der Waals surface area contributed by atoms with Gasteiger partial charge in [0.1, 0.15) is 0 Å². The van der Waals surface area contributed by atoms with Crippen LogP contribution in [0.3, 0.4) is 0 Å².